The number of carboxylic acids is 1. The first-order valence-electron chi connectivity index (χ1n) is 6.29. The van der Waals surface area contributed by atoms with Crippen molar-refractivity contribution in [1.82, 2.24) is 4.31 Å². The van der Waals surface area contributed by atoms with Crippen molar-refractivity contribution in [2.75, 3.05) is 31.7 Å². The van der Waals surface area contributed by atoms with E-state index >= 15 is 0 Å². The maximum absolute atomic E-state index is 12.6. The van der Waals surface area contributed by atoms with Crippen LogP contribution in [-0.4, -0.2) is 63.9 Å². The standard InChI is InChI=1S/C12H15NO7S2/c1-20-10-3-2-9(12(14)15)8-11(10)22(18,19)13-4-6-21(16,17)7-5-13/h2-3,8H,4-7H2,1H3,(H,14,15). The van der Waals surface area contributed by atoms with Crippen LogP contribution in [0.25, 0.3) is 0 Å². The van der Waals surface area contributed by atoms with E-state index in [1.165, 1.54) is 19.2 Å². The predicted molar refractivity (Wildman–Crippen MR) is 77.4 cm³/mol. The van der Waals surface area contributed by atoms with Crippen LogP contribution in [0.4, 0.5) is 0 Å². The van der Waals surface area contributed by atoms with Crippen molar-refractivity contribution in [1.29, 1.82) is 0 Å². The third kappa shape index (κ3) is 3.23. The van der Waals surface area contributed by atoms with Gasteiger partial charge in [-0.3, -0.25) is 0 Å². The predicted octanol–water partition coefficient (Wildman–Crippen LogP) is -0.188. The number of ether oxygens (including phenoxy) is 1. The topological polar surface area (TPSA) is 118 Å². The molecule has 0 aliphatic carbocycles. The quantitative estimate of drug-likeness (QED) is 0.800. The second-order valence-electron chi connectivity index (χ2n) is 4.73. The molecule has 1 aliphatic rings. The second kappa shape index (κ2) is 5.86. The van der Waals surface area contributed by atoms with Crippen LogP contribution >= 0.6 is 0 Å². The minimum Gasteiger partial charge on any atom is -0.495 e. The molecule has 0 atom stereocenters. The van der Waals surface area contributed by atoms with Crippen LogP contribution in [-0.2, 0) is 19.9 Å². The molecule has 0 radical (unpaired) electrons. The number of carboxylic acid groups (broad SMARTS) is 1. The fourth-order valence-electron chi connectivity index (χ4n) is 2.09. The van der Waals surface area contributed by atoms with Gasteiger partial charge in [-0.2, -0.15) is 4.31 Å². The molecule has 10 heteroatoms. The van der Waals surface area contributed by atoms with E-state index < -0.39 is 25.8 Å². The highest BCUT2D eigenvalue weighted by atomic mass is 32.2. The van der Waals surface area contributed by atoms with E-state index in [9.17, 15) is 21.6 Å². The number of aromatic carboxylic acids is 1. The monoisotopic (exact) mass is 349 g/mol. The molecule has 22 heavy (non-hydrogen) atoms. The zero-order valence-electron chi connectivity index (χ0n) is 11.7. The van der Waals surface area contributed by atoms with Crippen LogP contribution in [0.2, 0.25) is 0 Å². The molecule has 0 unspecified atom stereocenters. The fourth-order valence-corrected chi connectivity index (χ4v) is 5.14. The first kappa shape index (κ1) is 16.7. The number of benzene rings is 1. The average molecular weight is 349 g/mol. The van der Waals surface area contributed by atoms with Crippen molar-refractivity contribution in [3.05, 3.63) is 23.8 Å². The van der Waals surface area contributed by atoms with Crippen molar-refractivity contribution in [3.63, 3.8) is 0 Å². The first-order chi connectivity index (χ1) is 10.2. The van der Waals surface area contributed by atoms with Gasteiger partial charge in [0.05, 0.1) is 24.2 Å². The summed E-state index contributed by atoms with van der Waals surface area (Å²) in [4.78, 5) is 10.7. The fraction of sp³-hybridized carbons (Fsp3) is 0.417. The lowest BCUT2D eigenvalue weighted by atomic mass is 10.2. The Balaban J connectivity index is 2.45. The van der Waals surface area contributed by atoms with Gasteiger partial charge in [-0.05, 0) is 18.2 Å². The van der Waals surface area contributed by atoms with Gasteiger partial charge >= 0.3 is 5.97 Å². The van der Waals surface area contributed by atoms with Gasteiger partial charge < -0.3 is 9.84 Å². The summed E-state index contributed by atoms with van der Waals surface area (Å²) in [7, 11) is -5.98. The number of hydrogen-bond acceptors (Lipinski definition) is 6. The molecule has 0 aromatic heterocycles. The van der Waals surface area contributed by atoms with Crippen LogP contribution in [0, 0.1) is 0 Å². The zero-order valence-corrected chi connectivity index (χ0v) is 13.4. The van der Waals surface area contributed by atoms with E-state index in [2.05, 4.69) is 0 Å². The van der Waals surface area contributed by atoms with Crippen LogP contribution in [0.3, 0.4) is 0 Å². The Morgan fingerprint density at radius 2 is 1.86 bits per heavy atom. The van der Waals surface area contributed by atoms with Crippen LogP contribution in [0.15, 0.2) is 23.1 Å². The van der Waals surface area contributed by atoms with Gasteiger partial charge in [-0.1, -0.05) is 0 Å². The summed E-state index contributed by atoms with van der Waals surface area (Å²) in [6, 6.07) is 3.51. The second-order valence-corrected chi connectivity index (χ2v) is 8.94. The maximum atomic E-state index is 12.6. The minimum atomic E-state index is -4.03. The number of methoxy groups -OCH3 is 1. The molecule has 1 saturated heterocycles. The van der Waals surface area contributed by atoms with Gasteiger partial charge in [0.2, 0.25) is 10.0 Å². The largest absolute Gasteiger partial charge is 0.495 e. The van der Waals surface area contributed by atoms with E-state index in [0.29, 0.717) is 0 Å². The van der Waals surface area contributed by atoms with Crippen molar-refractivity contribution in [2.24, 2.45) is 0 Å². The Kier molecular flexibility index (Phi) is 4.45. The molecule has 0 spiro atoms. The average Bonchev–Trinajstić information content (AvgIpc) is 2.46. The van der Waals surface area contributed by atoms with Crippen LogP contribution in [0.1, 0.15) is 10.4 Å². The highest BCUT2D eigenvalue weighted by Gasteiger charge is 2.33. The Morgan fingerprint density at radius 3 is 2.36 bits per heavy atom. The Labute approximate surface area is 128 Å². The van der Waals surface area contributed by atoms with Gasteiger partial charge in [0.25, 0.3) is 0 Å². The number of sulfonamides is 1. The summed E-state index contributed by atoms with van der Waals surface area (Å²) in [5.74, 6) is -1.76. The summed E-state index contributed by atoms with van der Waals surface area (Å²) in [5, 5.41) is 8.99. The van der Waals surface area contributed by atoms with E-state index in [1.807, 2.05) is 0 Å². The maximum Gasteiger partial charge on any atom is 0.335 e. The normalized spacial score (nSPS) is 18.8. The third-order valence-corrected chi connectivity index (χ3v) is 6.86. The number of sulfone groups is 1. The van der Waals surface area contributed by atoms with Crippen LogP contribution in [0.5, 0.6) is 5.75 Å². The summed E-state index contributed by atoms with van der Waals surface area (Å²) >= 11 is 0. The molecular weight excluding hydrogens is 334 g/mol. The number of carbonyl (C=O) groups is 1. The SMILES string of the molecule is COc1ccc(C(=O)O)cc1S(=O)(=O)N1CCS(=O)(=O)CC1. The third-order valence-electron chi connectivity index (χ3n) is 3.33. The van der Waals surface area contributed by atoms with Crippen molar-refractivity contribution < 1.29 is 31.5 Å². The molecule has 0 bridgehead atoms. The number of hydrogen-bond donors (Lipinski definition) is 1. The summed E-state index contributed by atoms with van der Waals surface area (Å²) in [6.45, 7) is -0.323. The Bertz CT molecular complexity index is 785. The van der Waals surface area contributed by atoms with Crippen LogP contribution < -0.4 is 4.74 Å². The smallest absolute Gasteiger partial charge is 0.335 e. The van der Waals surface area contributed by atoms with Gasteiger partial charge in [0, 0.05) is 13.1 Å². The molecule has 2 rings (SSSR count). The Hall–Kier alpha value is -1.65. The molecule has 1 aromatic rings. The molecule has 122 valence electrons. The summed E-state index contributed by atoms with van der Waals surface area (Å²) < 4.78 is 54.0. The minimum absolute atomic E-state index is 0.0124. The van der Waals surface area contributed by atoms with Gasteiger partial charge in [0.15, 0.2) is 9.84 Å². The molecule has 1 aliphatic heterocycles. The van der Waals surface area contributed by atoms with E-state index in [0.717, 1.165) is 10.4 Å². The summed E-state index contributed by atoms with van der Waals surface area (Å²) in [5.41, 5.74) is -0.191. The van der Waals surface area contributed by atoms with Crippen molar-refractivity contribution >= 4 is 25.8 Å². The summed E-state index contributed by atoms with van der Waals surface area (Å²) in [6.07, 6.45) is 0. The molecular formula is C12H15NO7S2. The first-order valence-corrected chi connectivity index (χ1v) is 9.55. The van der Waals surface area contributed by atoms with E-state index in [1.54, 1.807) is 0 Å². The zero-order chi connectivity index (χ0) is 16.5. The molecule has 0 saturated carbocycles. The number of rotatable bonds is 4. The number of nitrogens with zero attached hydrogens (tertiary/aromatic N) is 1. The molecule has 1 aromatic carbocycles. The lowest BCUT2D eigenvalue weighted by Crippen LogP contribution is -2.43. The molecule has 0 amide bonds. The van der Waals surface area contributed by atoms with Gasteiger partial charge in [0.1, 0.15) is 10.6 Å². The molecule has 1 fully saturated rings. The van der Waals surface area contributed by atoms with Gasteiger partial charge in [-0.25, -0.2) is 21.6 Å². The highest BCUT2D eigenvalue weighted by molar-refractivity contribution is 7.92. The Morgan fingerprint density at radius 1 is 1.27 bits per heavy atom. The molecule has 1 heterocycles. The van der Waals surface area contributed by atoms with Crippen molar-refractivity contribution in [2.45, 2.75) is 4.90 Å². The van der Waals surface area contributed by atoms with E-state index in [4.69, 9.17) is 9.84 Å². The lowest BCUT2D eigenvalue weighted by molar-refractivity contribution is 0.0696. The van der Waals surface area contributed by atoms with Gasteiger partial charge in [-0.15, -0.1) is 0 Å². The molecule has 8 nitrogen and oxygen atoms in total. The highest BCUT2D eigenvalue weighted by Crippen LogP contribution is 2.28. The molecule has 1 N–H and O–H groups in total. The lowest BCUT2D eigenvalue weighted by Gasteiger charge is -2.26. The van der Waals surface area contributed by atoms with E-state index in [-0.39, 0.29) is 40.8 Å². The van der Waals surface area contributed by atoms with Crippen molar-refractivity contribution in [3.8, 4) is 5.75 Å².